The first-order valence-corrected chi connectivity index (χ1v) is 6.11. The minimum absolute atomic E-state index is 0.0757. The summed E-state index contributed by atoms with van der Waals surface area (Å²) >= 11 is 0. The maximum Gasteiger partial charge on any atom is 0.327 e. The molecule has 0 aliphatic carbocycles. The van der Waals surface area contributed by atoms with Gasteiger partial charge in [0.2, 0.25) is 5.91 Å². The molecular formula is C12H19N3O5. The topological polar surface area (TPSA) is 107 Å². The van der Waals surface area contributed by atoms with E-state index in [1.807, 2.05) is 0 Å². The fraction of sp³-hybridized carbons (Fsp3) is 0.667. The summed E-state index contributed by atoms with van der Waals surface area (Å²) in [4.78, 5) is 48.1. The Morgan fingerprint density at radius 2 is 1.90 bits per heavy atom. The number of hydrogen-bond donors (Lipinski definition) is 2. The zero-order chi connectivity index (χ0) is 15.7. The van der Waals surface area contributed by atoms with Crippen molar-refractivity contribution in [3.8, 4) is 0 Å². The van der Waals surface area contributed by atoms with E-state index in [0.717, 1.165) is 4.90 Å². The molecule has 1 heterocycles. The maximum absolute atomic E-state index is 11.8. The van der Waals surface area contributed by atoms with Gasteiger partial charge in [-0.3, -0.25) is 14.5 Å². The molecule has 0 aromatic heterocycles. The second-order valence-corrected chi connectivity index (χ2v) is 5.82. The van der Waals surface area contributed by atoms with E-state index in [9.17, 15) is 19.2 Å². The lowest BCUT2D eigenvalue weighted by molar-refractivity contribution is -0.145. The summed E-state index contributed by atoms with van der Waals surface area (Å²) in [6, 6.07) is -1.66. The van der Waals surface area contributed by atoms with Crippen molar-refractivity contribution in [1.29, 1.82) is 0 Å². The monoisotopic (exact) mass is 285 g/mol. The first-order valence-electron chi connectivity index (χ1n) is 6.11. The molecule has 20 heavy (non-hydrogen) atoms. The highest BCUT2D eigenvalue weighted by Crippen LogP contribution is 2.19. The Hall–Kier alpha value is -2.12. The van der Waals surface area contributed by atoms with Gasteiger partial charge in [-0.15, -0.1) is 0 Å². The fourth-order valence-corrected chi connectivity index (χ4v) is 1.82. The van der Waals surface area contributed by atoms with Crippen LogP contribution in [-0.4, -0.2) is 64.9 Å². The zero-order valence-corrected chi connectivity index (χ0v) is 12.0. The van der Waals surface area contributed by atoms with E-state index in [0.29, 0.717) is 0 Å². The number of imide groups is 1. The SMILES string of the molecule is CN1CC(=O)N(CC(=O)NC(C(=O)O)C(C)(C)C)C1=O. The first kappa shape index (κ1) is 15.9. The molecule has 112 valence electrons. The van der Waals surface area contributed by atoms with Crippen LogP contribution < -0.4 is 5.32 Å². The quantitative estimate of drug-likeness (QED) is 0.677. The number of rotatable bonds is 4. The summed E-state index contributed by atoms with van der Waals surface area (Å²) in [5, 5.41) is 11.4. The maximum atomic E-state index is 11.8. The molecule has 0 radical (unpaired) electrons. The van der Waals surface area contributed by atoms with Crippen LogP contribution in [0.5, 0.6) is 0 Å². The van der Waals surface area contributed by atoms with Crippen LogP contribution in [-0.2, 0) is 14.4 Å². The van der Waals surface area contributed by atoms with Crippen LogP contribution in [0.4, 0.5) is 4.79 Å². The Morgan fingerprint density at radius 1 is 1.35 bits per heavy atom. The van der Waals surface area contributed by atoms with E-state index in [2.05, 4.69) is 5.32 Å². The number of likely N-dealkylation sites (N-methyl/N-ethyl adjacent to an activating group) is 1. The molecule has 1 saturated heterocycles. The number of nitrogens with one attached hydrogen (secondary N) is 1. The molecule has 1 aliphatic heterocycles. The molecule has 0 bridgehead atoms. The Balaban J connectivity index is 2.70. The molecule has 8 nitrogen and oxygen atoms in total. The predicted octanol–water partition coefficient (Wildman–Crippen LogP) is -0.504. The number of aliphatic carboxylic acids is 1. The van der Waals surface area contributed by atoms with Gasteiger partial charge >= 0.3 is 12.0 Å². The van der Waals surface area contributed by atoms with E-state index < -0.39 is 41.8 Å². The Labute approximate surface area is 116 Å². The molecule has 8 heteroatoms. The van der Waals surface area contributed by atoms with E-state index >= 15 is 0 Å². The molecule has 1 unspecified atom stereocenters. The number of amides is 4. The van der Waals surface area contributed by atoms with E-state index in [1.165, 1.54) is 11.9 Å². The van der Waals surface area contributed by atoms with E-state index in [-0.39, 0.29) is 6.54 Å². The van der Waals surface area contributed by atoms with Gasteiger partial charge in [0.1, 0.15) is 19.1 Å². The lowest BCUT2D eigenvalue weighted by Gasteiger charge is -2.28. The summed E-state index contributed by atoms with van der Waals surface area (Å²) in [6.45, 7) is 4.47. The Kier molecular flexibility index (Phi) is 4.36. The van der Waals surface area contributed by atoms with Crippen LogP contribution in [0.25, 0.3) is 0 Å². The number of nitrogens with zero attached hydrogens (tertiary/aromatic N) is 2. The molecule has 0 aromatic rings. The van der Waals surface area contributed by atoms with Gasteiger partial charge in [-0.1, -0.05) is 20.8 Å². The van der Waals surface area contributed by atoms with Crippen molar-refractivity contribution in [2.24, 2.45) is 5.41 Å². The van der Waals surface area contributed by atoms with Gasteiger partial charge in [0, 0.05) is 7.05 Å². The van der Waals surface area contributed by atoms with Crippen LogP contribution in [0.2, 0.25) is 0 Å². The normalized spacial score (nSPS) is 17.4. The molecule has 0 aromatic carbocycles. The van der Waals surface area contributed by atoms with Crippen molar-refractivity contribution in [1.82, 2.24) is 15.1 Å². The van der Waals surface area contributed by atoms with E-state index in [1.54, 1.807) is 20.8 Å². The van der Waals surface area contributed by atoms with Crippen molar-refractivity contribution in [3.63, 3.8) is 0 Å². The van der Waals surface area contributed by atoms with Gasteiger partial charge in [-0.05, 0) is 5.41 Å². The average Bonchev–Trinajstić information content (AvgIpc) is 2.51. The second-order valence-electron chi connectivity index (χ2n) is 5.82. The number of carboxylic acid groups (broad SMARTS) is 1. The van der Waals surface area contributed by atoms with E-state index in [4.69, 9.17) is 5.11 Å². The van der Waals surface area contributed by atoms with Crippen LogP contribution in [0.15, 0.2) is 0 Å². The first-order chi connectivity index (χ1) is 9.04. The number of urea groups is 1. The van der Waals surface area contributed by atoms with Gasteiger partial charge in [0.15, 0.2) is 0 Å². The Morgan fingerprint density at radius 3 is 2.25 bits per heavy atom. The summed E-state index contributed by atoms with van der Waals surface area (Å²) in [7, 11) is 1.45. The fourth-order valence-electron chi connectivity index (χ4n) is 1.82. The number of carbonyl (C=O) groups excluding carboxylic acids is 3. The smallest absolute Gasteiger partial charge is 0.327 e. The molecular weight excluding hydrogens is 266 g/mol. The molecule has 4 amide bonds. The molecule has 0 saturated carbocycles. The highest BCUT2D eigenvalue weighted by atomic mass is 16.4. The van der Waals surface area contributed by atoms with Gasteiger partial charge < -0.3 is 15.3 Å². The third kappa shape index (κ3) is 3.46. The van der Waals surface area contributed by atoms with Crippen LogP contribution in [0.1, 0.15) is 20.8 Å². The largest absolute Gasteiger partial charge is 0.480 e. The van der Waals surface area contributed by atoms with Crippen LogP contribution in [0, 0.1) is 5.41 Å². The second kappa shape index (κ2) is 5.48. The van der Waals surface area contributed by atoms with Crippen molar-refractivity contribution < 1.29 is 24.3 Å². The molecule has 1 aliphatic rings. The van der Waals surface area contributed by atoms with Crippen molar-refractivity contribution in [3.05, 3.63) is 0 Å². The summed E-state index contributed by atoms with van der Waals surface area (Å²) < 4.78 is 0. The molecule has 2 N–H and O–H groups in total. The minimum Gasteiger partial charge on any atom is -0.480 e. The minimum atomic E-state index is -1.16. The van der Waals surface area contributed by atoms with Crippen molar-refractivity contribution in [2.75, 3.05) is 20.1 Å². The summed E-state index contributed by atoms with van der Waals surface area (Å²) in [5.41, 5.74) is -0.683. The van der Waals surface area contributed by atoms with Gasteiger partial charge in [-0.2, -0.15) is 0 Å². The average molecular weight is 285 g/mol. The van der Waals surface area contributed by atoms with Gasteiger partial charge in [-0.25, -0.2) is 9.59 Å². The lowest BCUT2D eigenvalue weighted by atomic mass is 9.87. The summed E-state index contributed by atoms with van der Waals surface area (Å²) in [5.74, 6) is -2.32. The zero-order valence-electron chi connectivity index (χ0n) is 12.0. The highest BCUT2D eigenvalue weighted by Gasteiger charge is 2.37. The van der Waals surface area contributed by atoms with Crippen molar-refractivity contribution >= 4 is 23.8 Å². The standard InChI is InChI=1S/C12H19N3O5/c1-12(2,3)9(10(18)19)13-7(16)5-15-8(17)6-14(4)11(15)20/h9H,5-6H2,1-4H3,(H,13,16)(H,18,19). The van der Waals surface area contributed by atoms with Crippen molar-refractivity contribution in [2.45, 2.75) is 26.8 Å². The third-order valence-electron chi connectivity index (χ3n) is 2.95. The summed E-state index contributed by atoms with van der Waals surface area (Å²) in [6.07, 6.45) is 0. The molecule has 0 spiro atoms. The molecule has 1 atom stereocenters. The predicted molar refractivity (Wildman–Crippen MR) is 68.8 cm³/mol. The van der Waals surface area contributed by atoms with Crippen LogP contribution >= 0.6 is 0 Å². The third-order valence-corrected chi connectivity index (χ3v) is 2.95. The van der Waals surface area contributed by atoms with Gasteiger partial charge in [0.25, 0.3) is 5.91 Å². The molecule has 1 fully saturated rings. The number of carbonyl (C=O) groups is 4. The number of carboxylic acids is 1. The van der Waals surface area contributed by atoms with Gasteiger partial charge in [0.05, 0.1) is 0 Å². The highest BCUT2D eigenvalue weighted by molar-refractivity contribution is 6.04. The van der Waals surface area contributed by atoms with Crippen LogP contribution in [0.3, 0.4) is 0 Å². The lowest BCUT2D eigenvalue weighted by Crippen LogP contribution is -2.52. The number of hydrogen-bond acceptors (Lipinski definition) is 4. The molecule has 1 rings (SSSR count). The Bertz CT molecular complexity index is 454.